The molecular formula is C21H27N3O. The van der Waals surface area contributed by atoms with Crippen molar-refractivity contribution < 1.29 is 4.74 Å². The van der Waals surface area contributed by atoms with Crippen molar-refractivity contribution in [2.24, 2.45) is 0 Å². The van der Waals surface area contributed by atoms with E-state index in [1.165, 1.54) is 22.1 Å². The van der Waals surface area contributed by atoms with E-state index in [1.54, 1.807) is 0 Å². The topological polar surface area (TPSA) is 30.3 Å². The van der Waals surface area contributed by atoms with Gasteiger partial charge in [0, 0.05) is 37.5 Å². The standard InChI is InChI=1S/C21H27N3O/c1-16(2)21-22-20-18-7-4-3-6-17(18)8-9-19(20)24(21)11-5-10-23-12-14-25-15-13-23/h3-4,6-9,16H,5,10-15H2,1-2H3. The summed E-state index contributed by atoms with van der Waals surface area (Å²) in [5, 5.41) is 2.53. The number of imidazole rings is 1. The molecule has 0 atom stereocenters. The second-order valence-corrected chi connectivity index (χ2v) is 7.24. The van der Waals surface area contributed by atoms with Crippen LogP contribution in [0.5, 0.6) is 0 Å². The zero-order valence-electron chi connectivity index (χ0n) is 15.2. The molecule has 4 nitrogen and oxygen atoms in total. The predicted molar refractivity (Wildman–Crippen MR) is 103 cm³/mol. The van der Waals surface area contributed by atoms with Gasteiger partial charge in [0.25, 0.3) is 0 Å². The second kappa shape index (κ2) is 7.14. The monoisotopic (exact) mass is 337 g/mol. The van der Waals surface area contributed by atoms with E-state index in [4.69, 9.17) is 9.72 Å². The fraction of sp³-hybridized carbons (Fsp3) is 0.476. The molecule has 0 amide bonds. The maximum absolute atomic E-state index is 5.44. The van der Waals surface area contributed by atoms with Gasteiger partial charge in [-0.1, -0.05) is 44.2 Å². The molecule has 0 aliphatic carbocycles. The number of hydrogen-bond donors (Lipinski definition) is 0. The third kappa shape index (κ3) is 3.29. The quantitative estimate of drug-likeness (QED) is 0.704. The van der Waals surface area contributed by atoms with Crippen molar-refractivity contribution >= 4 is 21.8 Å². The number of aryl methyl sites for hydroxylation is 1. The van der Waals surface area contributed by atoms with Crippen LogP contribution in [0.15, 0.2) is 36.4 Å². The summed E-state index contributed by atoms with van der Waals surface area (Å²) in [6, 6.07) is 13.0. The van der Waals surface area contributed by atoms with E-state index in [0.717, 1.165) is 51.3 Å². The summed E-state index contributed by atoms with van der Waals surface area (Å²) < 4.78 is 7.88. The molecule has 132 valence electrons. The lowest BCUT2D eigenvalue weighted by Crippen LogP contribution is -2.37. The van der Waals surface area contributed by atoms with Crippen LogP contribution in [0.3, 0.4) is 0 Å². The van der Waals surface area contributed by atoms with Crippen molar-refractivity contribution in [3.05, 3.63) is 42.2 Å². The molecule has 2 aromatic carbocycles. The van der Waals surface area contributed by atoms with Gasteiger partial charge >= 0.3 is 0 Å². The molecule has 1 saturated heterocycles. The SMILES string of the molecule is CC(C)c1nc2c3ccccc3ccc2n1CCCN1CCOCC1. The van der Waals surface area contributed by atoms with E-state index < -0.39 is 0 Å². The summed E-state index contributed by atoms with van der Waals surface area (Å²) >= 11 is 0. The number of ether oxygens (including phenoxy) is 1. The highest BCUT2D eigenvalue weighted by atomic mass is 16.5. The summed E-state index contributed by atoms with van der Waals surface area (Å²) in [6.07, 6.45) is 1.15. The number of fused-ring (bicyclic) bond motifs is 3. The van der Waals surface area contributed by atoms with Crippen LogP contribution in [0.25, 0.3) is 21.8 Å². The Morgan fingerprint density at radius 2 is 1.84 bits per heavy atom. The van der Waals surface area contributed by atoms with E-state index >= 15 is 0 Å². The summed E-state index contributed by atoms with van der Waals surface area (Å²) in [4.78, 5) is 7.54. The van der Waals surface area contributed by atoms with Crippen molar-refractivity contribution in [3.63, 3.8) is 0 Å². The van der Waals surface area contributed by atoms with Gasteiger partial charge in [-0.2, -0.15) is 0 Å². The lowest BCUT2D eigenvalue weighted by molar-refractivity contribution is 0.0369. The van der Waals surface area contributed by atoms with E-state index in [9.17, 15) is 0 Å². The Morgan fingerprint density at radius 3 is 2.64 bits per heavy atom. The number of aromatic nitrogens is 2. The predicted octanol–water partition coefficient (Wildman–Crippen LogP) is 4.04. The van der Waals surface area contributed by atoms with Gasteiger partial charge in [0.1, 0.15) is 5.82 Å². The van der Waals surface area contributed by atoms with Gasteiger partial charge in [-0.05, 0) is 17.9 Å². The van der Waals surface area contributed by atoms with Crippen LogP contribution in [0, 0.1) is 0 Å². The molecule has 25 heavy (non-hydrogen) atoms. The average molecular weight is 337 g/mol. The zero-order chi connectivity index (χ0) is 17.2. The molecular weight excluding hydrogens is 310 g/mol. The van der Waals surface area contributed by atoms with Crippen molar-refractivity contribution in [2.75, 3.05) is 32.8 Å². The minimum atomic E-state index is 0.426. The summed E-state index contributed by atoms with van der Waals surface area (Å²) in [5.74, 6) is 1.63. The third-order valence-electron chi connectivity index (χ3n) is 5.15. The van der Waals surface area contributed by atoms with Crippen LogP contribution < -0.4 is 0 Å². The maximum Gasteiger partial charge on any atom is 0.112 e. The first-order chi connectivity index (χ1) is 12.2. The van der Waals surface area contributed by atoms with Crippen molar-refractivity contribution in [1.29, 1.82) is 0 Å². The van der Waals surface area contributed by atoms with E-state index in [-0.39, 0.29) is 0 Å². The Bertz CT molecular complexity index is 862. The van der Waals surface area contributed by atoms with Crippen molar-refractivity contribution in [2.45, 2.75) is 32.7 Å². The minimum Gasteiger partial charge on any atom is -0.379 e. The van der Waals surface area contributed by atoms with Crippen molar-refractivity contribution in [3.8, 4) is 0 Å². The smallest absolute Gasteiger partial charge is 0.112 e. The lowest BCUT2D eigenvalue weighted by Gasteiger charge is -2.26. The highest BCUT2D eigenvalue weighted by Crippen LogP contribution is 2.28. The normalized spacial score (nSPS) is 16.3. The number of benzene rings is 2. The number of rotatable bonds is 5. The molecule has 2 heterocycles. The third-order valence-corrected chi connectivity index (χ3v) is 5.15. The van der Waals surface area contributed by atoms with Crippen LogP contribution in [0.1, 0.15) is 32.0 Å². The van der Waals surface area contributed by atoms with Gasteiger partial charge in [0.15, 0.2) is 0 Å². The molecule has 0 saturated carbocycles. The van der Waals surface area contributed by atoms with E-state index in [0.29, 0.717) is 5.92 Å². The Hall–Kier alpha value is -1.91. The largest absolute Gasteiger partial charge is 0.379 e. The summed E-state index contributed by atoms with van der Waals surface area (Å²) in [6.45, 7) is 10.5. The first-order valence-corrected chi connectivity index (χ1v) is 9.42. The number of morpholine rings is 1. The van der Waals surface area contributed by atoms with E-state index in [2.05, 4.69) is 59.7 Å². The molecule has 0 radical (unpaired) electrons. The van der Waals surface area contributed by atoms with E-state index in [1.807, 2.05) is 0 Å². The molecule has 1 aliphatic heterocycles. The molecule has 3 aromatic rings. The molecule has 4 rings (SSSR count). The summed E-state index contributed by atoms with van der Waals surface area (Å²) in [7, 11) is 0. The summed E-state index contributed by atoms with van der Waals surface area (Å²) in [5.41, 5.74) is 2.41. The van der Waals surface area contributed by atoms with Gasteiger partial charge in [-0.25, -0.2) is 4.98 Å². The molecule has 1 aliphatic rings. The fourth-order valence-corrected chi connectivity index (χ4v) is 3.83. The molecule has 1 fully saturated rings. The Kier molecular flexibility index (Phi) is 4.73. The molecule has 4 heteroatoms. The van der Waals surface area contributed by atoms with Gasteiger partial charge in [0.2, 0.25) is 0 Å². The highest BCUT2D eigenvalue weighted by Gasteiger charge is 2.16. The van der Waals surface area contributed by atoms with Gasteiger partial charge < -0.3 is 9.30 Å². The molecule has 0 spiro atoms. The molecule has 0 unspecified atom stereocenters. The first-order valence-electron chi connectivity index (χ1n) is 9.42. The van der Waals surface area contributed by atoms with Crippen LogP contribution >= 0.6 is 0 Å². The fourth-order valence-electron chi connectivity index (χ4n) is 3.83. The zero-order valence-corrected chi connectivity index (χ0v) is 15.2. The van der Waals surface area contributed by atoms with Crippen molar-refractivity contribution in [1.82, 2.24) is 14.5 Å². The Morgan fingerprint density at radius 1 is 1.04 bits per heavy atom. The van der Waals surface area contributed by atoms with Crippen LogP contribution in [-0.4, -0.2) is 47.3 Å². The Balaban J connectivity index is 1.64. The molecule has 1 aromatic heterocycles. The lowest BCUT2D eigenvalue weighted by atomic mass is 10.1. The second-order valence-electron chi connectivity index (χ2n) is 7.24. The Labute approximate surface area is 149 Å². The first kappa shape index (κ1) is 16.6. The molecule has 0 N–H and O–H groups in total. The van der Waals surface area contributed by atoms with Gasteiger partial charge in [0.05, 0.1) is 24.2 Å². The average Bonchev–Trinajstić information content (AvgIpc) is 3.02. The van der Waals surface area contributed by atoms with Gasteiger partial charge in [-0.3, -0.25) is 4.90 Å². The van der Waals surface area contributed by atoms with Crippen LogP contribution in [-0.2, 0) is 11.3 Å². The van der Waals surface area contributed by atoms with Crippen LogP contribution in [0.2, 0.25) is 0 Å². The van der Waals surface area contributed by atoms with Gasteiger partial charge in [-0.15, -0.1) is 0 Å². The number of hydrogen-bond acceptors (Lipinski definition) is 3. The highest BCUT2D eigenvalue weighted by molar-refractivity contribution is 6.04. The van der Waals surface area contributed by atoms with Crippen LogP contribution in [0.4, 0.5) is 0 Å². The molecule has 0 bridgehead atoms. The maximum atomic E-state index is 5.44. The minimum absolute atomic E-state index is 0.426. The number of nitrogens with zero attached hydrogens (tertiary/aromatic N) is 3.